The Morgan fingerprint density at radius 1 is 0.919 bits per heavy atom. The summed E-state index contributed by atoms with van der Waals surface area (Å²) in [6, 6.07) is 19.3. The zero-order valence-electron chi connectivity index (χ0n) is 21.4. The standard InChI is InChI=1S/C28H32N4O5/c1-4-37-26(33)19-29-28(35)31-15-13-30(14-16-31)27(34)24-18-25(21-9-8-12-23(17-21)36-3)32(20(24)2)22-10-6-5-7-11-22/h5-12,17-18H,4,13-16,19H2,1-3H3,(H,29,35). The van der Waals surface area contributed by atoms with Crippen molar-refractivity contribution in [2.75, 3.05) is 46.4 Å². The largest absolute Gasteiger partial charge is 0.497 e. The molecule has 0 saturated carbocycles. The first-order chi connectivity index (χ1) is 17.9. The molecule has 194 valence electrons. The first-order valence-corrected chi connectivity index (χ1v) is 12.3. The van der Waals surface area contributed by atoms with Gasteiger partial charge < -0.3 is 29.2 Å². The minimum atomic E-state index is -0.477. The van der Waals surface area contributed by atoms with Gasteiger partial charge in [-0.05, 0) is 44.2 Å². The van der Waals surface area contributed by atoms with E-state index in [0.29, 0.717) is 31.7 Å². The molecule has 4 rings (SSSR count). The Bertz CT molecular complexity index is 1260. The molecule has 0 atom stereocenters. The fraction of sp³-hybridized carbons (Fsp3) is 0.321. The third-order valence-corrected chi connectivity index (χ3v) is 6.40. The van der Waals surface area contributed by atoms with Crippen molar-refractivity contribution in [3.63, 3.8) is 0 Å². The molecule has 2 heterocycles. The van der Waals surface area contributed by atoms with E-state index in [0.717, 1.165) is 28.4 Å². The highest BCUT2D eigenvalue weighted by molar-refractivity contribution is 5.97. The molecule has 1 saturated heterocycles. The average Bonchev–Trinajstić information content (AvgIpc) is 3.29. The Balaban J connectivity index is 1.54. The molecule has 9 heteroatoms. The van der Waals surface area contributed by atoms with Crippen LogP contribution in [0.2, 0.25) is 0 Å². The number of urea groups is 1. The van der Waals surface area contributed by atoms with Crippen LogP contribution in [0.15, 0.2) is 60.7 Å². The van der Waals surface area contributed by atoms with Gasteiger partial charge in [-0.2, -0.15) is 0 Å². The Morgan fingerprint density at radius 2 is 1.62 bits per heavy atom. The van der Waals surface area contributed by atoms with Gasteiger partial charge in [0.1, 0.15) is 12.3 Å². The molecule has 3 amide bonds. The molecular formula is C28H32N4O5. The van der Waals surface area contributed by atoms with Gasteiger partial charge in [0, 0.05) is 43.1 Å². The van der Waals surface area contributed by atoms with Crippen LogP contribution in [0.3, 0.4) is 0 Å². The van der Waals surface area contributed by atoms with E-state index in [1.807, 2.05) is 67.6 Å². The summed E-state index contributed by atoms with van der Waals surface area (Å²) in [7, 11) is 1.63. The van der Waals surface area contributed by atoms with E-state index in [9.17, 15) is 14.4 Å². The number of carbonyl (C=O) groups excluding carboxylic acids is 3. The van der Waals surface area contributed by atoms with Crippen molar-refractivity contribution >= 4 is 17.9 Å². The maximum Gasteiger partial charge on any atom is 0.325 e. The molecule has 0 bridgehead atoms. The van der Waals surface area contributed by atoms with Crippen LogP contribution in [0.1, 0.15) is 23.0 Å². The molecular weight excluding hydrogens is 472 g/mol. The monoisotopic (exact) mass is 504 g/mol. The quantitative estimate of drug-likeness (QED) is 0.497. The molecule has 1 aromatic heterocycles. The normalized spacial score (nSPS) is 13.3. The second-order valence-electron chi connectivity index (χ2n) is 8.67. The molecule has 37 heavy (non-hydrogen) atoms. The van der Waals surface area contributed by atoms with Gasteiger partial charge in [0.05, 0.1) is 25.0 Å². The number of piperazine rings is 1. The molecule has 1 fully saturated rings. The van der Waals surface area contributed by atoms with Crippen LogP contribution >= 0.6 is 0 Å². The van der Waals surface area contributed by atoms with Gasteiger partial charge in [-0.25, -0.2) is 4.79 Å². The molecule has 0 aliphatic carbocycles. The number of ether oxygens (including phenoxy) is 2. The van der Waals surface area contributed by atoms with Crippen LogP contribution in [-0.2, 0) is 9.53 Å². The first kappa shape index (κ1) is 25.8. The summed E-state index contributed by atoms with van der Waals surface area (Å²) < 4.78 is 12.4. The summed E-state index contributed by atoms with van der Waals surface area (Å²) in [5.74, 6) is 0.180. The Kier molecular flexibility index (Phi) is 8.12. The number of aromatic nitrogens is 1. The van der Waals surface area contributed by atoms with Crippen molar-refractivity contribution in [2.45, 2.75) is 13.8 Å². The van der Waals surface area contributed by atoms with Crippen LogP contribution in [-0.4, -0.2) is 78.7 Å². The minimum Gasteiger partial charge on any atom is -0.497 e. The van der Waals surface area contributed by atoms with Gasteiger partial charge in [0.2, 0.25) is 0 Å². The average molecular weight is 505 g/mol. The lowest BCUT2D eigenvalue weighted by molar-refractivity contribution is -0.141. The number of amides is 3. The summed E-state index contributed by atoms with van der Waals surface area (Å²) >= 11 is 0. The van der Waals surface area contributed by atoms with E-state index >= 15 is 0 Å². The third kappa shape index (κ3) is 5.77. The summed E-state index contributed by atoms with van der Waals surface area (Å²) in [5.41, 5.74) is 4.24. The van der Waals surface area contributed by atoms with E-state index in [1.165, 1.54) is 0 Å². The fourth-order valence-corrected chi connectivity index (χ4v) is 4.48. The fourth-order valence-electron chi connectivity index (χ4n) is 4.48. The molecule has 1 aliphatic heterocycles. The number of hydrogen-bond donors (Lipinski definition) is 1. The lowest BCUT2D eigenvalue weighted by Crippen LogP contribution is -2.53. The lowest BCUT2D eigenvalue weighted by atomic mass is 10.1. The summed E-state index contributed by atoms with van der Waals surface area (Å²) in [6.07, 6.45) is 0. The highest BCUT2D eigenvalue weighted by Crippen LogP contribution is 2.32. The summed E-state index contributed by atoms with van der Waals surface area (Å²) in [4.78, 5) is 40.9. The van der Waals surface area contributed by atoms with Gasteiger partial charge >= 0.3 is 12.0 Å². The van der Waals surface area contributed by atoms with Gasteiger partial charge in [0.25, 0.3) is 5.91 Å². The maximum absolute atomic E-state index is 13.6. The minimum absolute atomic E-state index is 0.0806. The highest BCUT2D eigenvalue weighted by Gasteiger charge is 2.28. The molecule has 3 aromatic rings. The number of para-hydroxylation sites is 1. The van der Waals surface area contributed by atoms with Crippen LogP contribution in [0.4, 0.5) is 4.79 Å². The number of hydrogen-bond acceptors (Lipinski definition) is 5. The zero-order valence-corrected chi connectivity index (χ0v) is 21.4. The molecule has 0 unspecified atom stereocenters. The topological polar surface area (TPSA) is 93.1 Å². The number of rotatable bonds is 7. The van der Waals surface area contributed by atoms with Gasteiger partial charge in [-0.3, -0.25) is 9.59 Å². The van der Waals surface area contributed by atoms with Crippen LogP contribution < -0.4 is 10.1 Å². The van der Waals surface area contributed by atoms with Gasteiger partial charge in [-0.15, -0.1) is 0 Å². The molecule has 9 nitrogen and oxygen atoms in total. The van der Waals surface area contributed by atoms with Crippen LogP contribution in [0, 0.1) is 6.92 Å². The van der Waals surface area contributed by atoms with E-state index in [2.05, 4.69) is 9.88 Å². The lowest BCUT2D eigenvalue weighted by Gasteiger charge is -2.34. The predicted octanol–water partition coefficient (Wildman–Crippen LogP) is 3.49. The molecule has 0 spiro atoms. The van der Waals surface area contributed by atoms with E-state index < -0.39 is 5.97 Å². The number of nitrogens with one attached hydrogen (secondary N) is 1. The first-order valence-electron chi connectivity index (χ1n) is 12.3. The van der Waals surface area contributed by atoms with Crippen molar-refractivity contribution in [2.24, 2.45) is 0 Å². The molecule has 1 N–H and O–H groups in total. The van der Waals surface area contributed by atoms with Gasteiger partial charge in [-0.1, -0.05) is 30.3 Å². The van der Waals surface area contributed by atoms with E-state index in [1.54, 1.807) is 23.8 Å². The number of methoxy groups -OCH3 is 1. The number of benzene rings is 2. The number of esters is 1. The van der Waals surface area contributed by atoms with Crippen molar-refractivity contribution in [1.29, 1.82) is 0 Å². The van der Waals surface area contributed by atoms with E-state index in [-0.39, 0.29) is 25.1 Å². The molecule has 2 aromatic carbocycles. The maximum atomic E-state index is 13.6. The number of nitrogens with zero attached hydrogens (tertiary/aromatic N) is 3. The van der Waals surface area contributed by atoms with Crippen molar-refractivity contribution in [1.82, 2.24) is 19.7 Å². The Morgan fingerprint density at radius 3 is 2.30 bits per heavy atom. The highest BCUT2D eigenvalue weighted by atomic mass is 16.5. The van der Waals surface area contributed by atoms with Gasteiger partial charge in [0.15, 0.2) is 0 Å². The second kappa shape index (κ2) is 11.6. The second-order valence-corrected chi connectivity index (χ2v) is 8.67. The Labute approximate surface area is 216 Å². The van der Waals surface area contributed by atoms with Crippen molar-refractivity contribution in [3.05, 3.63) is 71.9 Å². The van der Waals surface area contributed by atoms with Crippen molar-refractivity contribution in [3.8, 4) is 22.7 Å². The summed E-state index contributed by atoms with van der Waals surface area (Å²) in [6.45, 7) is 5.30. The zero-order chi connectivity index (χ0) is 26.4. The Hall–Kier alpha value is -4.27. The summed E-state index contributed by atoms with van der Waals surface area (Å²) in [5, 5.41) is 2.57. The number of carbonyl (C=O) groups is 3. The van der Waals surface area contributed by atoms with Crippen molar-refractivity contribution < 1.29 is 23.9 Å². The SMILES string of the molecule is CCOC(=O)CNC(=O)N1CCN(C(=O)c2cc(-c3cccc(OC)c3)n(-c3ccccc3)c2C)CC1. The third-order valence-electron chi connectivity index (χ3n) is 6.40. The molecule has 1 aliphatic rings. The molecule has 0 radical (unpaired) electrons. The van der Waals surface area contributed by atoms with Crippen LogP contribution in [0.25, 0.3) is 16.9 Å². The smallest absolute Gasteiger partial charge is 0.325 e. The van der Waals surface area contributed by atoms with E-state index in [4.69, 9.17) is 9.47 Å². The van der Waals surface area contributed by atoms with Crippen LogP contribution in [0.5, 0.6) is 5.75 Å². The predicted molar refractivity (Wildman–Crippen MR) is 140 cm³/mol.